The molecule has 0 saturated heterocycles. The van der Waals surface area contributed by atoms with Gasteiger partial charge in [0.1, 0.15) is 5.82 Å². The molecule has 1 amide bonds. The van der Waals surface area contributed by atoms with E-state index in [0.29, 0.717) is 28.9 Å². The summed E-state index contributed by atoms with van der Waals surface area (Å²) in [5.74, 6) is -0.373. The maximum Gasteiger partial charge on any atom is 0.227 e. The summed E-state index contributed by atoms with van der Waals surface area (Å²) in [6.07, 6.45) is 1.03. The standard InChI is InChI=1S/C23H32FNO2S/c1-8-25(12-11-22(2,3)4)19(26)14-17-16-13-15(24)9-10-18(16)28-20(17)21(27)23(5,6)7/h9-10,13H,8,11-12,14H2,1-7H3. The zero-order valence-corrected chi connectivity index (χ0v) is 18.9. The van der Waals surface area contributed by atoms with Gasteiger partial charge in [-0.3, -0.25) is 9.59 Å². The van der Waals surface area contributed by atoms with Crippen molar-refractivity contribution in [2.24, 2.45) is 10.8 Å². The lowest BCUT2D eigenvalue weighted by Crippen LogP contribution is -2.35. The van der Waals surface area contributed by atoms with Crippen LogP contribution in [0.15, 0.2) is 18.2 Å². The van der Waals surface area contributed by atoms with Gasteiger partial charge in [-0.2, -0.15) is 0 Å². The Labute approximate surface area is 171 Å². The highest BCUT2D eigenvalue weighted by molar-refractivity contribution is 7.21. The van der Waals surface area contributed by atoms with Gasteiger partial charge in [-0.15, -0.1) is 11.3 Å². The van der Waals surface area contributed by atoms with Crippen LogP contribution in [0.3, 0.4) is 0 Å². The van der Waals surface area contributed by atoms with E-state index in [4.69, 9.17) is 0 Å². The third-order valence-electron chi connectivity index (χ3n) is 4.83. The molecule has 2 aromatic rings. The summed E-state index contributed by atoms with van der Waals surface area (Å²) in [4.78, 5) is 28.5. The van der Waals surface area contributed by atoms with Crippen LogP contribution in [-0.2, 0) is 11.2 Å². The van der Waals surface area contributed by atoms with Crippen molar-refractivity contribution in [3.63, 3.8) is 0 Å². The molecule has 1 aromatic carbocycles. The van der Waals surface area contributed by atoms with Crippen LogP contribution in [0.5, 0.6) is 0 Å². The van der Waals surface area contributed by atoms with E-state index in [1.807, 2.05) is 32.6 Å². The zero-order chi connectivity index (χ0) is 21.3. The molecule has 3 nitrogen and oxygen atoms in total. The molecule has 2 rings (SSSR count). The lowest BCUT2D eigenvalue weighted by molar-refractivity contribution is -0.130. The highest BCUT2D eigenvalue weighted by atomic mass is 32.1. The van der Waals surface area contributed by atoms with Gasteiger partial charge in [0.15, 0.2) is 5.78 Å². The summed E-state index contributed by atoms with van der Waals surface area (Å²) in [6, 6.07) is 4.54. The maximum atomic E-state index is 13.9. The summed E-state index contributed by atoms with van der Waals surface area (Å²) >= 11 is 1.36. The van der Waals surface area contributed by atoms with E-state index in [0.717, 1.165) is 11.1 Å². The van der Waals surface area contributed by atoms with Crippen LogP contribution in [0.2, 0.25) is 0 Å². The smallest absolute Gasteiger partial charge is 0.227 e. The van der Waals surface area contributed by atoms with Crippen molar-refractivity contribution in [3.8, 4) is 0 Å². The van der Waals surface area contributed by atoms with Gasteiger partial charge in [0.25, 0.3) is 0 Å². The Balaban J connectivity index is 2.42. The van der Waals surface area contributed by atoms with Crippen LogP contribution >= 0.6 is 11.3 Å². The number of nitrogens with zero attached hydrogens (tertiary/aromatic N) is 1. The molecular weight excluding hydrogens is 373 g/mol. The molecule has 0 fully saturated rings. The van der Waals surface area contributed by atoms with Gasteiger partial charge in [-0.25, -0.2) is 4.39 Å². The summed E-state index contributed by atoms with van der Waals surface area (Å²) in [7, 11) is 0. The Hall–Kier alpha value is -1.75. The predicted octanol–water partition coefficient (Wildman–Crippen LogP) is 6.10. The first-order valence-electron chi connectivity index (χ1n) is 9.87. The van der Waals surface area contributed by atoms with Crippen molar-refractivity contribution in [2.75, 3.05) is 13.1 Å². The summed E-state index contributed by atoms with van der Waals surface area (Å²) in [5, 5.41) is 0.679. The highest BCUT2D eigenvalue weighted by Gasteiger charge is 2.30. The fraction of sp³-hybridized carbons (Fsp3) is 0.565. The van der Waals surface area contributed by atoms with E-state index >= 15 is 0 Å². The Morgan fingerprint density at radius 3 is 2.29 bits per heavy atom. The topological polar surface area (TPSA) is 37.4 Å². The summed E-state index contributed by atoms with van der Waals surface area (Å²) in [5.41, 5.74) is 0.242. The van der Waals surface area contributed by atoms with E-state index in [-0.39, 0.29) is 29.3 Å². The highest BCUT2D eigenvalue weighted by Crippen LogP contribution is 2.36. The number of amides is 1. The molecule has 28 heavy (non-hydrogen) atoms. The van der Waals surface area contributed by atoms with Gasteiger partial charge in [0.05, 0.1) is 11.3 Å². The number of halogens is 1. The maximum absolute atomic E-state index is 13.9. The van der Waals surface area contributed by atoms with Gasteiger partial charge < -0.3 is 4.90 Å². The average Bonchev–Trinajstić information content (AvgIpc) is 2.90. The summed E-state index contributed by atoms with van der Waals surface area (Å²) < 4.78 is 14.7. The number of carbonyl (C=O) groups excluding carboxylic acids is 2. The number of ketones is 1. The second kappa shape index (κ2) is 8.32. The Morgan fingerprint density at radius 2 is 1.75 bits per heavy atom. The lowest BCUT2D eigenvalue weighted by atomic mass is 9.87. The van der Waals surface area contributed by atoms with Crippen LogP contribution in [-0.4, -0.2) is 29.7 Å². The lowest BCUT2D eigenvalue weighted by Gasteiger charge is -2.26. The minimum Gasteiger partial charge on any atom is -0.343 e. The molecule has 0 radical (unpaired) electrons. The van der Waals surface area contributed by atoms with Crippen LogP contribution in [0.4, 0.5) is 4.39 Å². The molecule has 0 N–H and O–H groups in total. The quantitative estimate of drug-likeness (QED) is 0.545. The van der Waals surface area contributed by atoms with Crippen molar-refractivity contribution < 1.29 is 14.0 Å². The number of rotatable bonds is 6. The predicted molar refractivity (Wildman–Crippen MR) is 116 cm³/mol. The fourth-order valence-electron chi connectivity index (χ4n) is 3.01. The van der Waals surface area contributed by atoms with Crippen LogP contribution in [0.25, 0.3) is 10.1 Å². The molecule has 1 aromatic heterocycles. The first-order valence-corrected chi connectivity index (χ1v) is 10.7. The number of hydrogen-bond donors (Lipinski definition) is 0. The van der Waals surface area contributed by atoms with Gasteiger partial charge in [-0.1, -0.05) is 41.5 Å². The Bertz CT molecular complexity index is 871. The molecule has 1 heterocycles. The second-order valence-electron chi connectivity index (χ2n) is 9.59. The van der Waals surface area contributed by atoms with Crippen molar-refractivity contribution in [3.05, 3.63) is 34.5 Å². The molecule has 0 spiro atoms. The molecule has 0 unspecified atom stereocenters. The van der Waals surface area contributed by atoms with E-state index in [1.54, 1.807) is 6.07 Å². The fourth-order valence-corrected chi connectivity index (χ4v) is 4.37. The van der Waals surface area contributed by atoms with E-state index < -0.39 is 5.41 Å². The van der Waals surface area contributed by atoms with Crippen LogP contribution in [0.1, 0.15) is 70.1 Å². The molecule has 0 saturated carbocycles. The number of likely N-dealkylation sites (N-methyl/N-ethyl adjacent to an activating group) is 1. The number of Topliss-reactive ketones (excluding diaryl/α,β-unsaturated/α-hetero) is 1. The number of fused-ring (bicyclic) bond motifs is 1. The average molecular weight is 406 g/mol. The monoisotopic (exact) mass is 405 g/mol. The van der Waals surface area contributed by atoms with Crippen LogP contribution < -0.4 is 0 Å². The minimum absolute atomic E-state index is 0.00496. The third kappa shape index (κ3) is 5.40. The number of carbonyl (C=O) groups is 2. The molecule has 0 bridgehead atoms. The molecule has 0 aliphatic heterocycles. The minimum atomic E-state index is -0.562. The molecule has 154 valence electrons. The largest absolute Gasteiger partial charge is 0.343 e. The van der Waals surface area contributed by atoms with Gasteiger partial charge >= 0.3 is 0 Å². The van der Waals surface area contributed by atoms with Crippen molar-refractivity contribution >= 4 is 33.1 Å². The molecule has 0 aliphatic rings. The number of hydrogen-bond acceptors (Lipinski definition) is 3. The van der Waals surface area contributed by atoms with Crippen molar-refractivity contribution in [1.29, 1.82) is 0 Å². The van der Waals surface area contributed by atoms with Crippen LogP contribution in [0, 0.1) is 16.6 Å². The number of benzene rings is 1. The Morgan fingerprint density at radius 1 is 1.11 bits per heavy atom. The first kappa shape index (κ1) is 22.5. The summed E-state index contributed by atoms with van der Waals surface area (Å²) in [6.45, 7) is 15.3. The molecule has 0 aliphatic carbocycles. The van der Waals surface area contributed by atoms with Crippen molar-refractivity contribution in [2.45, 2.75) is 61.3 Å². The SMILES string of the molecule is CCN(CCC(C)(C)C)C(=O)Cc1c(C(=O)C(C)(C)C)sc2ccc(F)cc12. The molecular formula is C23H32FNO2S. The third-order valence-corrected chi connectivity index (χ3v) is 6.05. The number of thiophene rings is 1. The van der Waals surface area contributed by atoms with Gasteiger partial charge in [0.2, 0.25) is 5.91 Å². The van der Waals surface area contributed by atoms with E-state index in [2.05, 4.69) is 20.8 Å². The van der Waals surface area contributed by atoms with E-state index in [1.165, 1.54) is 23.5 Å². The molecule has 5 heteroatoms. The zero-order valence-electron chi connectivity index (χ0n) is 18.1. The van der Waals surface area contributed by atoms with Gasteiger partial charge in [0, 0.05) is 23.2 Å². The first-order chi connectivity index (χ1) is 12.8. The second-order valence-corrected chi connectivity index (χ2v) is 10.6. The van der Waals surface area contributed by atoms with E-state index in [9.17, 15) is 14.0 Å². The normalized spacial score (nSPS) is 12.4. The van der Waals surface area contributed by atoms with Crippen molar-refractivity contribution in [1.82, 2.24) is 4.90 Å². The molecule has 0 atom stereocenters. The Kier molecular flexibility index (Phi) is 6.70. The van der Waals surface area contributed by atoms with Gasteiger partial charge in [-0.05, 0) is 47.9 Å².